The van der Waals surface area contributed by atoms with Crippen LogP contribution in [0.15, 0.2) is 18.2 Å². The van der Waals surface area contributed by atoms with Crippen molar-refractivity contribution in [3.8, 4) is 5.75 Å². The topological polar surface area (TPSA) is 52.3 Å². The Kier molecular flexibility index (Phi) is 3.90. The zero-order valence-electron chi connectivity index (χ0n) is 11.1. The van der Waals surface area contributed by atoms with Gasteiger partial charge in [-0.3, -0.25) is 4.79 Å². The molecule has 0 radical (unpaired) electrons. The lowest BCUT2D eigenvalue weighted by atomic mass is 9.88. The van der Waals surface area contributed by atoms with Crippen LogP contribution in [-0.4, -0.2) is 11.9 Å². The molecule has 2 N–H and O–H groups in total. The molecule has 1 fully saturated rings. The van der Waals surface area contributed by atoms with Crippen molar-refractivity contribution in [3.63, 3.8) is 0 Å². The molecular weight excluding hydrogens is 226 g/mol. The fourth-order valence-electron chi connectivity index (χ4n) is 2.55. The highest BCUT2D eigenvalue weighted by Crippen LogP contribution is 2.29. The monoisotopic (exact) mass is 247 g/mol. The molecule has 2 atom stereocenters. The summed E-state index contributed by atoms with van der Waals surface area (Å²) in [5.41, 5.74) is 6.85. The maximum Gasteiger partial charge on any atom is 0.162 e. The summed E-state index contributed by atoms with van der Waals surface area (Å²) in [6.07, 6.45) is 5.10. The van der Waals surface area contributed by atoms with E-state index < -0.39 is 0 Å². The van der Waals surface area contributed by atoms with Gasteiger partial charge >= 0.3 is 0 Å². The zero-order valence-corrected chi connectivity index (χ0v) is 11.1. The van der Waals surface area contributed by atoms with Crippen LogP contribution in [0.3, 0.4) is 0 Å². The summed E-state index contributed by atoms with van der Waals surface area (Å²) >= 11 is 0. The number of nitrogens with two attached hydrogens (primary N) is 1. The van der Waals surface area contributed by atoms with Crippen molar-refractivity contribution in [2.45, 2.75) is 45.6 Å². The largest absolute Gasteiger partial charge is 0.490 e. The molecule has 0 saturated heterocycles. The van der Waals surface area contributed by atoms with Crippen LogP contribution >= 0.6 is 0 Å². The highest BCUT2D eigenvalue weighted by Gasteiger charge is 2.23. The minimum Gasteiger partial charge on any atom is -0.490 e. The van der Waals surface area contributed by atoms with Gasteiger partial charge in [0.1, 0.15) is 11.9 Å². The fraction of sp³-hybridized carbons (Fsp3) is 0.533. The Hall–Kier alpha value is -1.51. The Morgan fingerprint density at radius 2 is 2.06 bits per heavy atom. The number of hydrogen-bond acceptors (Lipinski definition) is 3. The number of Topliss-reactive ketones (excluding diaryl/α,β-unsaturated/α-hetero) is 1. The van der Waals surface area contributed by atoms with Crippen molar-refractivity contribution in [2.75, 3.05) is 5.73 Å². The first-order valence-corrected chi connectivity index (χ1v) is 6.65. The molecule has 0 amide bonds. The zero-order chi connectivity index (χ0) is 13.1. The maximum atomic E-state index is 11.4. The van der Waals surface area contributed by atoms with Gasteiger partial charge < -0.3 is 10.5 Å². The second-order valence-electron chi connectivity index (χ2n) is 5.22. The van der Waals surface area contributed by atoms with Crippen molar-refractivity contribution in [1.29, 1.82) is 0 Å². The second-order valence-corrected chi connectivity index (χ2v) is 5.22. The van der Waals surface area contributed by atoms with Crippen LogP contribution < -0.4 is 10.5 Å². The van der Waals surface area contributed by atoms with E-state index >= 15 is 0 Å². The van der Waals surface area contributed by atoms with Crippen LogP contribution in [0.4, 0.5) is 5.69 Å². The van der Waals surface area contributed by atoms with Gasteiger partial charge in [0.25, 0.3) is 0 Å². The Balaban J connectivity index is 2.14. The number of carbonyl (C=O) groups is 1. The quantitative estimate of drug-likeness (QED) is 0.657. The molecule has 18 heavy (non-hydrogen) atoms. The van der Waals surface area contributed by atoms with E-state index in [9.17, 15) is 4.79 Å². The van der Waals surface area contributed by atoms with Gasteiger partial charge in [-0.2, -0.15) is 0 Å². The molecule has 0 aromatic heterocycles. The predicted molar refractivity (Wildman–Crippen MR) is 72.9 cm³/mol. The third-order valence-electron chi connectivity index (χ3n) is 3.72. The minimum atomic E-state index is -0.0188. The highest BCUT2D eigenvalue weighted by atomic mass is 16.5. The molecule has 0 bridgehead atoms. The van der Waals surface area contributed by atoms with E-state index in [-0.39, 0.29) is 11.9 Å². The van der Waals surface area contributed by atoms with Gasteiger partial charge in [-0.15, -0.1) is 0 Å². The summed E-state index contributed by atoms with van der Waals surface area (Å²) in [4.78, 5) is 11.4. The number of ketones is 1. The predicted octanol–water partition coefficient (Wildman–Crippen LogP) is 3.43. The number of carbonyl (C=O) groups excluding carboxylic acids is 1. The van der Waals surface area contributed by atoms with Crippen molar-refractivity contribution in [1.82, 2.24) is 0 Å². The second kappa shape index (κ2) is 5.42. The van der Waals surface area contributed by atoms with E-state index in [2.05, 4.69) is 6.92 Å². The normalized spacial score (nSPS) is 23.7. The van der Waals surface area contributed by atoms with Gasteiger partial charge in [0.05, 0.1) is 0 Å². The summed E-state index contributed by atoms with van der Waals surface area (Å²) in [6.45, 7) is 3.76. The molecule has 98 valence electrons. The van der Waals surface area contributed by atoms with E-state index in [1.165, 1.54) is 26.2 Å². The van der Waals surface area contributed by atoms with Gasteiger partial charge in [0.2, 0.25) is 0 Å². The Morgan fingerprint density at radius 1 is 1.33 bits per heavy atom. The molecule has 1 saturated carbocycles. The van der Waals surface area contributed by atoms with Crippen LogP contribution in [0, 0.1) is 5.92 Å². The number of ether oxygens (including phenoxy) is 1. The Bertz CT molecular complexity index is 442. The SMILES string of the molecule is CC(=O)c1cc(OC2CCCCC2C)ccc1N. The van der Waals surface area contributed by atoms with Gasteiger partial charge in [-0.25, -0.2) is 0 Å². The molecule has 3 nitrogen and oxygen atoms in total. The molecule has 1 aromatic carbocycles. The van der Waals surface area contributed by atoms with Gasteiger partial charge in [0, 0.05) is 11.3 Å². The average molecular weight is 247 g/mol. The summed E-state index contributed by atoms with van der Waals surface area (Å²) < 4.78 is 6.01. The number of anilines is 1. The van der Waals surface area contributed by atoms with Gasteiger partial charge in [-0.05, 0) is 50.3 Å². The summed E-state index contributed by atoms with van der Waals surface area (Å²) in [6, 6.07) is 5.36. The fourth-order valence-corrected chi connectivity index (χ4v) is 2.55. The lowest BCUT2D eigenvalue weighted by molar-refractivity contribution is 0.0994. The van der Waals surface area contributed by atoms with Crippen LogP contribution in [0.2, 0.25) is 0 Å². The molecule has 0 spiro atoms. The van der Waals surface area contributed by atoms with E-state index in [1.54, 1.807) is 12.1 Å². The first-order valence-electron chi connectivity index (χ1n) is 6.65. The number of nitrogen functional groups attached to an aromatic ring is 1. The number of hydrogen-bond donors (Lipinski definition) is 1. The van der Waals surface area contributed by atoms with Gasteiger partial charge in [-0.1, -0.05) is 13.3 Å². The number of rotatable bonds is 3. The van der Waals surface area contributed by atoms with E-state index in [4.69, 9.17) is 10.5 Å². The van der Waals surface area contributed by atoms with Crippen LogP contribution in [0.25, 0.3) is 0 Å². The molecular formula is C15H21NO2. The molecule has 2 rings (SSSR count). The maximum absolute atomic E-state index is 11.4. The van der Waals surface area contributed by atoms with Crippen LogP contribution in [0.5, 0.6) is 5.75 Å². The van der Waals surface area contributed by atoms with E-state index in [0.717, 1.165) is 12.2 Å². The summed E-state index contributed by atoms with van der Waals surface area (Å²) in [7, 11) is 0. The molecule has 0 aliphatic heterocycles. The Morgan fingerprint density at radius 3 is 2.72 bits per heavy atom. The standard InChI is InChI=1S/C15H21NO2/c1-10-5-3-4-6-15(10)18-12-7-8-14(16)13(9-12)11(2)17/h7-10,15H,3-6,16H2,1-2H3. The van der Waals surface area contributed by atoms with Crippen molar-refractivity contribution < 1.29 is 9.53 Å². The Labute approximate surface area is 108 Å². The third kappa shape index (κ3) is 2.84. The molecule has 2 unspecified atom stereocenters. The summed E-state index contributed by atoms with van der Waals surface area (Å²) in [5.74, 6) is 1.32. The van der Waals surface area contributed by atoms with Crippen LogP contribution in [-0.2, 0) is 0 Å². The van der Waals surface area contributed by atoms with E-state index in [0.29, 0.717) is 17.2 Å². The smallest absolute Gasteiger partial charge is 0.162 e. The molecule has 0 heterocycles. The number of benzene rings is 1. The minimum absolute atomic E-state index is 0.0188. The molecule has 1 aromatic rings. The lowest BCUT2D eigenvalue weighted by Gasteiger charge is -2.29. The highest BCUT2D eigenvalue weighted by molar-refractivity contribution is 5.99. The first kappa shape index (κ1) is 12.9. The van der Waals surface area contributed by atoms with Gasteiger partial charge in [0.15, 0.2) is 5.78 Å². The van der Waals surface area contributed by atoms with Crippen molar-refractivity contribution >= 4 is 11.5 Å². The average Bonchev–Trinajstić information content (AvgIpc) is 2.34. The van der Waals surface area contributed by atoms with E-state index in [1.807, 2.05) is 6.07 Å². The van der Waals surface area contributed by atoms with Crippen molar-refractivity contribution in [3.05, 3.63) is 23.8 Å². The van der Waals surface area contributed by atoms with Crippen LogP contribution in [0.1, 0.15) is 49.9 Å². The lowest BCUT2D eigenvalue weighted by Crippen LogP contribution is -2.28. The first-order chi connectivity index (χ1) is 8.58. The summed E-state index contributed by atoms with van der Waals surface area (Å²) in [5, 5.41) is 0. The van der Waals surface area contributed by atoms with Crippen molar-refractivity contribution in [2.24, 2.45) is 5.92 Å². The molecule has 3 heteroatoms. The third-order valence-corrected chi connectivity index (χ3v) is 3.72. The molecule has 1 aliphatic carbocycles. The molecule has 1 aliphatic rings.